The zero-order valence-electron chi connectivity index (χ0n) is 7.34. The van der Waals surface area contributed by atoms with E-state index in [1.807, 2.05) is 13.1 Å². The van der Waals surface area contributed by atoms with Crippen molar-refractivity contribution >= 4 is 0 Å². The lowest BCUT2D eigenvalue weighted by atomic mass is 10.2. The third-order valence-electron chi connectivity index (χ3n) is 2.21. The molecule has 0 radical (unpaired) electrons. The van der Waals surface area contributed by atoms with Gasteiger partial charge < -0.3 is 4.74 Å². The molecule has 0 bridgehead atoms. The second-order valence-corrected chi connectivity index (χ2v) is 3.06. The summed E-state index contributed by atoms with van der Waals surface area (Å²) in [4.78, 5) is 4.35. The first-order chi connectivity index (χ1) is 5.90. The van der Waals surface area contributed by atoms with Crippen LogP contribution in [0.2, 0.25) is 0 Å². The minimum absolute atomic E-state index is 0.723. The van der Waals surface area contributed by atoms with Crippen molar-refractivity contribution in [1.29, 1.82) is 0 Å². The molecule has 1 aliphatic carbocycles. The minimum atomic E-state index is 0.723. The van der Waals surface area contributed by atoms with E-state index in [1.165, 1.54) is 24.1 Å². The van der Waals surface area contributed by atoms with Crippen LogP contribution >= 0.6 is 0 Å². The second-order valence-electron chi connectivity index (χ2n) is 3.06. The SMILES string of the molecule is CCOc1cnc2c(c1)CCC2. The molecule has 1 heterocycles. The van der Waals surface area contributed by atoms with Gasteiger partial charge >= 0.3 is 0 Å². The third-order valence-corrected chi connectivity index (χ3v) is 2.21. The van der Waals surface area contributed by atoms with E-state index in [1.54, 1.807) is 0 Å². The van der Waals surface area contributed by atoms with Gasteiger partial charge in [-0.2, -0.15) is 0 Å². The minimum Gasteiger partial charge on any atom is -0.492 e. The first-order valence-corrected chi connectivity index (χ1v) is 4.50. The zero-order valence-corrected chi connectivity index (χ0v) is 7.34. The van der Waals surface area contributed by atoms with Crippen LogP contribution in [-0.2, 0) is 12.8 Å². The van der Waals surface area contributed by atoms with Crippen LogP contribution in [-0.4, -0.2) is 11.6 Å². The summed E-state index contributed by atoms with van der Waals surface area (Å²) in [6.07, 6.45) is 5.39. The molecule has 2 heteroatoms. The van der Waals surface area contributed by atoms with E-state index in [0.717, 1.165) is 18.8 Å². The smallest absolute Gasteiger partial charge is 0.137 e. The Labute approximate surface area is 72.6 Å². The van der Waals surface area contributed by atoms with Gasteiger partial charge in [-0.1, -0.05) is 0 Å². The summed E-state index contributed by atoms with van der Waals surface area (Å²) in [5.74, 6) is 0.915. The van der Waals surface area contributed by atoms with Crippen molar-refractivity contribution in [3.8, 4) is 5.75 Å². The number of ether oxygens (including phenoxy) is 1. The van der Waals surface area contributed by atoms with E-state index in [2.05, 4.69) is 11.1 Å². The van der Waals surface area contributed by atoms with Crippen LogP contribution in [0.4, 0.5) is 0 Å². The molecule has 0 saturated heterocycles. The molecule has 2 rings (SSSR count). The van der Waals surface area contributed by atoms with Crippen LogP contribution in [0, 0.1) is 0 Å². The molecular formula is C10H13NO. The Morgan fingerprint density at radius 1 is 1.50 bits per heavy atom. The molecule has 1 aliphatic rings. The van der Waals surface area contributed by atoms with E-state index < -0.39 is 0 Å². The van der Waals surface area contributed by atoms with Gasteiger partial charge in [-0.15, -0.1) is 0 Å². The Balaban J connectivity index is 2.26. The summed E-state index contributed by atoms with van der Waals surface area (Å²) in [7, 11) is 0. The first kappa shape index (κ1) is 7.59. The fourth-order valence-electron chi connectivity index (χ4n) is 1.65. The van der Waals surface area contributed by atoms with Gasteiger partial charge in [0, 0.05) is 5.69 Å². The maximum absolute atomic E-state index is 5.37. The Morgan fingerprint density at radius 3 is 3.25 bits per heavy atom. The Bertz CT molecular complexity index is 283. The van der Waals surface area contributed by atoms with Crippen molar-refractivity contribution in [3.63, 3.8) is 0 Å². The number of aromatic nitrogens is 1. The predicted molar refractivity (Wildman–Crippen MR) is 47.4 cm³/mol. The molecule has 0 fully saturated rings. The standard InChI is InChI=1S/C10H13NO/c1-2-12-9-6-8-4-3-5-10(8)11-7-9/h6-7H,2-5H2,1H3. The summed E-state index contributed by atoms with van der Waals surface area (Å²) < 4.78 is 5.37. The van der Waals surface area contributed by atoms with Gasteiger partial charge in [0.15, 0.2) is 0 Å². The summed E-state index contributed by atoms with van der Waals surface area (Å²) in [5, 5.41) is 0. The zero-order chi connectivity index (χ0) is 8.39. The Kier molecular flexibility index (Phi) is 1.98. The van der Waals surface area contributed by atoms with E-state index in [-0.39, 0.29) is 0 Å². The molecule has 0 unspecified atom stereocenters. The lowest BCUT2D eigenvalue weighted by Crippen LogP contribution is -1.94. The van der Waals surface area contributed by atoms with Crippen LogP contribution in [0.1, 0.15) is 24.6 Å². The third kappa shape index (κ3) is 1.29. The van der Waals surface area contributed by atoms with Crippen LogP contribution in [0.25, 0.3) is 0 Å². The van der Waals surface area contributed by atoms with Crippen LogP contribution in [0.3, 0.4) is 0 Å². The Hall–Kier alpha value is -1.05. The van der Waals surface area contributed by atoms with Crippen LogP contribution in [0.5, 0.6) is 5.75 Å². The molecule has 0 amide bonds. The van der Waals surface area contributed by atoms with Crippen molar-refractivity contribution in [1.82, 2.24) is 4.98 Å². The maximum Gasteiger partial charge on any atom is 0.137 e. The first-order valence-electron chi connectivity index (χ1n) is 4.50. The molecule has 0 N–H and O–H groups in total. The van der Waals surface area contributed by atoms with Gasteiger partial charge in [-0.25, -0.2) is 0 Å². The molecule has 0 aromatic carbocycles. The summed E-state index contributed by atoms with van der Waals surface area (Å²) in [5.41, 5.74) is 2.64. The van der Waals surface area contributed by atoms with E-state index in [0.29, 0.717) is 0 Å². The lowest BCUT2D eigenvalue weighted by Gasteiger charge is -2.03. The quantitative estimate of drug-likeness (QED) is 0.665. The summed E-state index contributed by atoms with van der Waals surface area (Å²) in [6.45, 7) is 2.72. The number of pyridine rings is 1. The average molecular weight is 163 g/mol. The van der Waals surface area contributed by atoms with Gasteiger partial charge in [0.1, 0.15) is 5.75 Å². The largest absolute Gasteiger partial charge is 0.492 e. The second kappa shape index (κ2) is 3.13. The molecule has 2 nitrogen and oxygen atoms in total. The number of rotatable bonds is 2. The fourth-order valence-corrected chi connectivity index (χ4v) is 1.65. The van der Waals surface area contributed by atoms with Crippen molar-refractivity contribution in [2.24, 2.45) is 0 Å². The molecular weight excluding hydrogens is 150 g/mol. The molecule has 12 heavy (non-hydrogen) atoms. The number of nitrogens with zero attached hydrogens (tertiary/aromatic N) is 1. The molecule has 64 valence electrons. The molecule has 0 spiro atoms. The van der Waals surface area contributed by atoms with E-state index in [4.69, 9.17) is 4.74 Å². The van der Waals surface area contributed by atoms with E-state index >= 15 is 0 Å². The number of hydrogen-bond donors (Lipinski definition) is 0. The molecule has 0 aliphatic heterocycles. The maximum atomic E-state index is 5.37. The van der Waals surface area contributed by atoms with Gasteiger partial charge in [0.2, 0.25) is 0 Å². The number of hydrogen-bond acceptors (Lipinski definition) is 2. The highest BCUT2D eigenvalue weighted by molar-refractivity contribution is 5.32. The Morgan fingerprint density at radius 2 is 2.42 bits per heavy atom. The van der Waals surface area contributed by atoms with Gasteiger partial charge in [-0.3, -0.25) is 4.98 Å². The van der Waals surface area contributed by atoms with Gasteiger partial charge in [0.25, 0.3) is 0 Å². The van der Waals surface area contributed by atoms with Crippen molar-refractivity contribution in [2.75, 3.05) is 6.61 Å². The van der Waals surface area contributed by atoms with Crippen molar-refractivity contribution < 1.29 is 4.74 Å². The molecule has 0 saturated carbocycles. The normalized spacial score (nSPS) is 14.4. The monoisotopic (exact) mass is 163 g/mol. The summed E-state index contributed by atoms with van der Waals surface area (Å²) in [6, 6.07) is 2.12. The number of aryl methyl sites for hydroxylation is 2. The van der Waals surface area contributed by atoms with Gasteiger partial charge in [-0.05, 0) is 37.8 Å². The highest BCUT2D eigenvalue weighted by Crippen LogP contribution is 2.23. The predicted octanol–water partition coefficient (Wildman–Crippen LogP) is 1.97. The summed E-state index contributed by atoms with van der Waals surface area (Å²) >= 11 is 0. The topological polar surface area (TPSA) is 22.1 Å². The highest BCUT2D eigenvalue weighted by atomic mass is 16.5. The van der Waals surface area contributed by atoms with E-state index in [9.17, 15) is 0 Å². The average Bonchev–Trinajstić information content (AvgIpc) is 2.51. The van der Waals surface area contributed by atoms with Gasteiger partial charge in [0.05, 0.1) is 12.8 Å². The van der Waals surface area contributed by atoms with Crippen LogP contribution in [0.15, 0.2) is 12.3 Å². The highest BCUT2D eigenvalue weighted by Gasteiger charge is 2.12. The van der Waals surface area contributed by atoms with Crippen LogP contribution < -0.4 is 4.74 Å². The van der Waals surface area contributed by atoms with Crippen molar-refractivity contribution in [3.05, 3.63) is 23.5 Å². The molecule has 1 aromatic heterocycles. The lowest BCUT2D eigenvalue weighted by molar-refractivity contribution is 0.338. The number of fused-ring (bicyclic) bond motifs is 1. The van der Waals surface area contributed by atoms with Crippen molar-refractivity contribution in [2.45, 2.75) is 26.2 Å². The molecule has 1 aromatic rings. The fraction of sp³-hybridized carbons (Fsp3) is 0.500. The molecule has 0 atom stereocenters.